The maximum Gasteiger partial charge on any atom is 0.190 e. The normalized spacial score (nSPS) is 17.1. The molecular formula is C21H33IN4S2. The van der Waals surface area contributed by atoms with Crippen LogP contribution in [0.4, 0.5) is 0 Å². The van der Waals surface area contributed by atoms with Crippen LogP contribution in [0, 0.1) is 11.8 Å². The monoisotopic (exact) mass is 532 g/mol. The highest BCUT2D eigenvalue weighted by atomic mass is 127. The van der Waals surface area contributed by atoms with Gasteiger partial charge in [-0.15, -0.1) is 46.7 Å². The van der Waals surface area contributed by atoms with Crippen LogP contribution in [0.25, 0.3) is 0 Å². The number of nitrogens with zero attached hydrogens (tertiary/aromatic N) is 2. The molecule has 2 N–H and O–H groups in total. The van der Waals surface area contributed by atoms with Crippen LogP contribution >= 0.6 is 46.7 Å². The Labute approximate surface area is 194 Å². The van der Waals surface area contributed by atoms with Crippen molar-refractivity contribution < 1.29 is 0 Å². The van der Waals surface area contributed by atoms with E-state index in [0.29, 0.717) is 5.92 Å². The van der Waals surface area contributed by atoms with E-state index in [9.17, 15) is 0 Å². The van der Waals surface area contributed by atoms with Crippen molar-refractivity contribution in [3.8, 4) is 0 Å². The van der Waals surface area contributed by atoms with Crippen molar-refractivity contribution in [2.45, 2.75) is 32.7 Å². The third kappa shape index (κ3) is 8.00. The summed E-state index contributed by atoms with van der Waals surface area (Å²) in [6.07, 6.45) is 3.67. The topological polar surface area (TPSA) is 39.7 Å². The first kappa shape index (κ1) is 23.6. The number of hydrogen-bond donors (Lipinski definition) is 2. The Kier molecular flexibility index (Phi) is 10.8. The van der Waals surface area contributed by atoms with Crippen molar-refractivity contribution >= 4 is 52.6 Å². The van der Waals surface area contributed by atoms with Gasteiger partial charge in [0, 0.05) is 36.4 Å². The molecule has 7 heteroatoms. The quantitative estimate of drug-likeness (QED) is 0.295. The van der Waals surface area contributed by atoms with E-state index in [1.54, 1.807) is 0 Å². The SMILES string of the molecule is CN=C(NCC(C)Cc1cccs1)NCC1CCN(Cc2cccs2)CC1.I. The second kappa shape index (κ2) is 12.8. The molecule has 3 rings (SSSR count). The minimum absolute atomic E-state index is 0. The molecule has 1 aliphatic heterocycles. The van der Waals surface area contributed by atoms with E-state index in [4.69, 9.17) is 0 Å². The van der Waals surface area contributed by atoms with Gasteiger partial charge in [-0.3, -0.25) is 9.89 Å². The number of nitrogens with one attached hydrogen (secondary N) is 2. The van der Waals surface area contributed by atoms with E-state index in [1.165, 1.54) is 35.7 Å². The number of rotatable bonds is 8. The highest BCUT2D eigenvalue weighted by molar-refractivity contribution is 14.0. The standard InChI is InChI=1S/C21H32N4S2.HI/c1-17(13-19-5-3-11-26-19)14-23-21(22-2)24-15-18-7-9-25(10-8-18)16-20-6-4-12-27-20;/h3-6,11-12,17-18H,7-10,13-16H2,1-2H3,(H2,22,23,24);1H. The summed E-state index contributed by atoms with van der Waals surface area (Å²) in [5.74, 6) is 2.28. The Balaban J connectivity index is 0.00000280. The molecule has 1 aliphatic rings. The van der Waals surface area contributed by atoms with E-state index in [2.05, 4.69) is 62.5 Å². The summed E-state index contributed by atoms with van der Waals surface area (Å²) < 4.78 is 0. The number of likely N-dealkylation sites (tertiary alicyclic amines) is 1. The zero-order valence-electron chi connectivity index (χ0n) is 16.9. The molecule has 1 unspecified atom stereocenters. The summed E-state index contributed by atoms with van der Waals surface area (Å²) in [7, 11) is 1.86. The van der Waals surface area contributed by atoms with Gasteiger partial charge in [-0.05, 0) is 67.1 Å². The predicted molar refractivity (Wildman–Crippen MR) is 134 cm³/mol. The summed E-state index contributed by atoms with van der Waals surface area (Å²) >= 11 is 3.71. The largest absolute Gasteiger partial charge is 0.356 e. The van der Waals surface area contributed by atoms with Gasteiger partial charge in [0.15, 0.2) is 5.96 Å². The van der Waals surface area contributed by atoms with Crippen molar-refractivity contribution in [3.05, 3.63) is 44.8 Å². The Hall–Kier alpha value is -0.640. The van der Waals surface area contributed by atoms with Gasteiger partial charge < -0.3 is 10.6 Å². The second-order valence-corrected chi connectivity index (χ2v) is 9.59. The lowest BCUT2D eigenvalue weighted by Crippen LogP contribution is -2.43. The number of halogens is 1. The van der Waals surface area contributed by atoms with Crippen LogP contribution in [0.15, 0.2) is 40.0 Å². The third-order valence-electron chi connectivity index (χ3n) is 5.20. The van der Waals surface area contributed by atoms with Crippen molar-refractivity contribution in [3.63, 3.8) is 0 Å². The number of aliphatic imine (C=N–C) groups is 1. The van der Waals surface area contributed by atoms with E-state index in [-0.39, 0.29) is 24.0 Å². The Morgan fingerprint density at radius 2 is 1.82 bits per heavy atom. The third-order valence-corrected chi connectivity index (χ3v) is 6.96. The molecular weight excluding hydrogens is 499 g/mol. The molecule has 3 heterocycles. The predicted octanol–water partition coefficient (Wildman–Crippen LogP) is 4.68. The highest BCUT2D eigenvalue weighted by Crippen LogP contribution is 2.20. The molecule has 0 aromatic carbocycles. The maximum atomic E-state index is 4.39. The molecule has 1 saturated heterocycles. The molecule has 156 valence electrons. The van der Waals surface area contributed by atoms with E-state index in [1.807, 2.05) is 29.7 Å². The molecule has 0 amide bonds. The first-order valence-electron chi connectivity index (χ1n) is 9.94. The summed E-state index contributed by atoms with van der Waals surface area (Å²) in [5.41, 5.74) is 0. The van der Waals surface area contributed by atoms with Crippen LogP contribution in [0.2, 0.25) is 0 Å². The molecule has 4 nitrogen and oxygen atoms in total. The number of thiophene rings is 2. The lowest BCUT2D eigenvalue weighted by molar-refractivity contribution is 0.179. The van der Waals surface area contributed by atoms with Gasteiger partial charge in [0.1, 0.15) is 0 Å². The van der Waals surface area contributed by atoms with Crippen LogP contribution in [0.1, 0.15) is 29.5 Å². The van der Waals surface area contributed by atoms with Gasteiger partial charge >= 0.3 is 0 Å². The molecule has 28 heavy (non-hydrogen) atoms. The number of guanidine groups is 1. The average molecular weight is 533 g/mol. The van der Waals surface area contributed by atoms with E-state index in [0.717, 1.165) is 37.9 Å². The zero-order chi connectivity index (χ0) is 18.9. The first-order valence-corrected chi connectivity index (χ1v) is 11.7. The van der Waals surface area contributed by atoms with Crippen LogP contribution in [-0.4, -0.2) is 44.1 Å². The molecule has 1 atom stereocenters. The highest BCUT2D eigenvalue weighted by Gasteiger charge is 2.19. The van der Waals surface area contributed by atoms with E-state index < -0.39 is 0 Å². The van der Waals surface area contributed by atoms with Gasteiger partial charge in [-0.2, -0.15) is 0 Å². The fraction of sp³-hybridized carbons (Fsp3) is 0.571. The zero-order valence-corrected chi connectivity index (χ0v) is 20.9. The minimum atomic E-state index is 0. The van der Waals surface area contributed by atoms with Crippen molar-refractivity contribution in [2.75, 3.05) is 33.2 Å². The molecule has 0 spiro atoms. The van der Waals surface area contributed by atoms with Gasteiger partial charge in [-0.25, -0.2) is 0 Å². The Morgan fingerprint density at radius 1 is 1.14 bits per heavy atom. The molecule has 0 radical (unpaired) electrons. The first-order chi connectivity index (χ1) is 13.2. The fourth-order valence-electron chi connectivity index (χ4n) is 3.55. The van der Waals surface area contributed by atoms with E-state index >= 15 is 0 Å². The smallest absolute Gasteiger partial charge is 0.190 e. The van der Waals surface area contributed by atoms with Crippen LogP contribution in [0.3, 0.4) is 0 Å². The van der Waals surface area contributed by atoms with Gasteiger partial charge in [0.25, 0.3) is 0 Å². The Morgan fingerprint density at radius 3 is 2.43 bits per heavy atom. The molecule has 0 saturated carbocycles. The lowest BCUT2D eigenvalue weighted by atomic mass is 9.97. The van der Waals surface area contributed by atoms with Gasteiger partial charge in [-0.1, -0.05) is 19.1 Å². The summed E-state index contributed by atoms with van der Waals surface area (Å²) in [5, 5.41) is 11.4. The minimum Gasteiger partial charge on any atom is -0.356 e. The number of piperidine rings is 1. The Bertz CT molecular complexity index is 665. The molecule has 0 bridgehead atoms. The van der Waals surface area contributed by atoms with Crippen molar-refractivity contribution in [1.29, 1.82) is 0 Å². The van der Waals surface area contributed by atoms with Gasteiger partial charge in [0.05, 0.1) is 0 Å². The summed E-state index contributed by atoms with van der Waals surface area (Å²) in [6, 6.07) is 8.75. The number of hydrogen-bond acceptors (Lipinski definition) is 4. The average Bonchev–Trinajstić information content (AvgIpc) is 3.37. The van der Waals surface area contributed by atoms with Crippen molar-refractivity contribution in [1.82, 2.24) is 15.5 Å². The van der Waals surface area contributed by atoms with Crippen LogP contribution < -0.4 is 10.6 Å². The van der Waals surface area contributed by atoms with Crippen LogP contribution in [0.5, 0.6) is 0 Å². The van der Waals surface area contributed by atoms with Crippen LogP contribution in [-0.2, 0) is 13.0 Å². The van der Waals surface area contributed by atoms with Crippen molar-refractivity contribution in [2.24, 2.45) is 16.8 Å². The molecule has 0 aliphatic carbocycles. The molecule has 2 aromatic rings. The lowest BCUT2D eigenvalue weighted by Gasteiger charge is -2.32. The molecule has 1 fully saturated rings. The molecule has 2 aromatic heterocycles. The summed E-state index contributed by atoms with van der Waals surface area (Å²) in [4.78, 5) is 9.92. The second-order valence-electron chi connectivity index (χ2n) is 7.52. The summed E-state index contributed by atoms with van der Waals surface area (Å²) in [6.45, 7) is 7.79. The maximum absolute atomic E-state index is 4.39. The van der Waals surface area contributed by atoms with Gasteiger partial charge in [0.2, 0.25) is 0 Å². The fourth-order valence-corrected chi connectivity index (χ4v) is 5.16.